The molecule has 1 saturated carbocycles. The van der Waals surface area contributed by atoms with Crippen LogP contribution in [0.1, 0.15) is 63.8 Å². The molecule has 1 aromatic heterocycles. The number of aromatic nitrogens is 1. The Morgan fingerprint density at radius 2 is 2.04 bits per heavy atom. The molecule has 0 aliphatic heterocycles. The predicted octanol–water partition coefficient (Wildman–Crippen LogP) is 5.59. The molecular weight excluding hydrogens is 374 g/mol. The van der Waals surface area contributed by atoms with Crippen LogP contribution in [0.15, 0.2) is 29.3 Å². The van der Waals surface area contributed by atoms with Crippen molar-refractivity contribution in [2.75, 3.05) is 13.2 Å². The van der Waals surface area contributed by atoms with Gasteiger partial charge < -0.3 is 10.5 Å². The van der Waals surface area contributed by atoms with Crippen LogP contribution in [0.5, 0.6) is 5.75 Å². The number of hydrogen-bond donors (Lipinski definition) is 2. The maximum atomic E-state index is 5.74. The lowest BCUT2D eigenvalue weighted by Gasteiger charge is -2.21. The summed E-state index contributed by atoms with van der Waals surface area (Å²) in [5.74, 6) is 1.51. The van der Waals surface area contributed by atoms with E-state index in [0.717, 1.165) is 5.75 Å². The molecule has 0 atom stereocenters. The number of thiazole rings is 1. The molecule has 3 rings (SSSR count). The number of rotatable bonds is 7. The Morgan fingerprint density at radius 1 is 1.26 bits per heavy atom. The fraction of sp³-hybridized carbons (Fsp3) is 0.571. The molecule has 0 amide bonds. The second-order valence-electron chi connectivity index (χ2n) is 8.15. The van der Waals surface area contributed by atoms with Crippen LogP contribution in [-0.4, -0.2) is 23.7 Å². The molecule has 3 N–H and O–H groups in total. The molecule has 0 bridgehead atoms. The maximum absolute atomic E-state index is 5.74. The summed E-state index contributed by atoms with van der Waals surface area (Å²) in [6.07, 6.45) is 8.66. The highest BCUT2D eigenvalue weighted by Gasteiger charge is 2.20. The van der Waals surface area contributed by atoms with Gasteiger partial charge >= 0.3 is 0 Å². The van der Waals surface area contributed by atoms with Crippen LogP contribution in [0.2, 0.25) is 0 Å². The number of hydrogen-bond acceptors (Lipinski definition) is 6. The highest BCUT2D eigenvalue weighted by atomic mass is 32.2. The van der Waals surface area contributed by atoms with Crippen LogP contribution in [0.3, 0.4) is 0 Å². The van der Waals surface area contributed by atoms with E-state index in [9.17, 15) is 0 Å². The van der Waals surface area contributed by atoms with Crippen molar-refractivity contribution >= 4 is 23.3 Å². The Bertz CT molecular complexity index is 733. The molecule has 148 valence electrons. The molecular formula is C21H31N3OS2. The summed E-state index contributed by atoms with van der Waals surface area (Å²) in [5, 5.41) is 1.30. The Labute approximate surface area is 171 Å². The zero-order valence-electron chi connectivity index (χ0n) is 16.6. The van der Waals surface area contributed by atoms with Crippen molar-refractivity contribution in [3.8, 4) is 16.2 Å². The van der Waals surface area contributed by atoms with Crippen LogP contribution >= 0.6 is 23.3 Å². The first-order chi connectivity index (χ1) is 13.0. The minimum atomic E-state index is 0.0248. The molecule has 27 heavy (non-hydrogen) atoms. The first-order valence-electron chi connectivity index (χ1n) is 9.83. The molecule has 0 unspecified atom stereocenters. The smallest absolute Gasteiger partial charge is 0.120 e. The predicted molar refractivity (Wildman–Crippen MR) is 117 cm³/mol. The highest BCUT2D eigenvalue weighted by Crippen LogP contribution is 2.41. The molecule has 6 heteroatoms. The van der Waals surface area contributed by atoms with E-state index >= 15 is 0 Å². The first kappa shape index (κ1) is 20.6. The third-order valence-corrected chi connectivity index (χ3v) is 7.02. The number of nitrogens with one attached hydrogen (secondary N) is 1. The quantitative estimate of drug-likeness (QED) is 0.588. The van der Waals surface area contributed by atoms with E-state index in [1.807, 2.05) is 23.6 Å². The normalized spacial score (nSPS) is 15.9. The number of nitrogens with two attached hydrogens (primary N) is 1. The van der Waals surface area contributed by atoms with Crippen LogP contribution in [0, 0.1) is 0 Å². The zero-order valence-corrected chi connectivity index (χ0v) is 18.2. The van der Waals surface area contributed by atoms with Crippen molar-refractivity contribution in [2.24, 2.45) is 5.73 Å². The van der Waals surface area contributed by atoms with Crippen LogP contribution in [0.4, 0.5) is 0 Å². The zero-order chi connectivity index (χ0) is 19.3. The lowest BCUT2D eigenvalue weighted by Crippen LogP contribution is -2.29. The van der Waals surface area contributed by atoms with E-state index < -0.39 is 0 Å². The third-order valence-electron chi connectivity index (χ3n) is 4.55. The van der Waals surface area contributed by atoms with Crippen molar-refractivity contribution in [1.29, 1.82) is 0 Å². The lowest BCUT2D eigenvalue weighted by atomic mass is 9.90. The van der Waals surface area contributed by atoms with Crippen molar-refractivity contribution in [2.45, 2.75) is 69.2 Å². The SMILES string of the molecule is CC(C)(C)NSc1cc(OCCN)ccc1-c1cnc(C2CCCCC2)s1. The highest BCUT2D eigenvalue weighted by molar-refractivity contribution is 7.97. The van der Waals surface area contributed by atoms with Gasteiger partial charge in [-0.05, 0) is 63.8 Å². The van der Waals surface area contributed by atoms with Gasteiger partial charge in [-0.15, -0.1) is 11.3 Å². The summed E-state index contributed by atoms with van der Waals surface area (Å²) in [6.45, 7) is 7.56. The van der Waals surface area contributed by atoms with E-state index in [4.69, 9.17) is 15.5 Å². The first-order valence-corrected chi connectivity index (χ1v) is 11.5. The molecule has 1 aliphatic carbocycles. The summed E-state index contributed by atoms with van der Waals surface area (Å²) in [7, 11) is 0. The van der Waals surface area contributed by atoms with Crippen molar-refractivity contribution < 1.29 is 4.74 Å². The minimum Gasteiger partial charge on any atom is -0.492 e. The summed E-state index contributed by atoms with van der Waals surface area (Å²) < 4.78 is 9.26. The van der Waals surface area contributed by atoms with Gasteiger partial charge in [0.1, 0.15) is 12.4 Å². The summed E-state index contributed by atoms with van der Waals surface area (Å²) in [6, 6.07) is 6.29. The van der Waals surface area contributed by atoms with Gasteiger partial charge in [0.05, 0.1) is 9.88 Å². The molecule has 0 radical (unpaired) electrons. The van der Waals surface area contributed by atoms with E-state index in [0.29, 0.717) is 19.1 Å². The van der Waals surface area contributed by atoms with Gasteiger partial charge in [-0.2, -0.15) is 0 Å². The van der Waals surface area contributed by atoms with Gasteiger partial charge in [0.2, 0.25) is 0 Å². The van der Waals surface area contributed by atoms with Gasteiger partial charge in [0, 0.05) is 34.7 Å². The molecule has 2 aromatic rings. The summed E-state index contributed by atoms with van der Waals surface area (Å²) >= 11 is 3.51. The average molecular weight is 406 g/mol. The second kappa shape index (κ2) is 9.41. The average Bonchev–Trinajstić information content (AvgIpc) is 3.15. The van der Waals surface area contributed by atoms with Crippen molar-refractivity contribution in [3.63, 3.8) is 0 Å². The fourth-order valence-corrected chi connectivity index (χ4v) is 5.29. The second-order valence-corrected chi connectivity index (χ2v) is 10.1. The molecule has 4 nitrogen and oxygen atoms in total. The van der Waals surface area contributed by atoms with Crippen LogP contribution < -0.4 is 15.2 Å². The molecule has 1 aliphatic rings. The van der Waals surface area contributed by atoms with Gasteiger partial charge in [0.15, 0.2) is 0 Å². The van der Waals surface area contributed by atoms with Gasteiger partial charge in [0.25, 0.3) is 0 Å². The Morgan fingerprint density at radius 3 is 2.74 bits per heavy atom. The van der Waals surface area contributed by atoms with E-state index in [-0.39, 0.29) is 5.54 Å². The standard InChI is InChI=1S/C21H31N3OS2/c1-21(2,3)24-27-18-13-16(25-12-11-22)9-10-17(18)19-14-23-20(26-19)15-7-5-4-6-8-15/h9-10,13-15,24H,4-8,11-12,22H2,1-3H3. The summed E-state index contributed by atoms with van der Waals surface area (Å²) in [4.78, 5) is 7.18. The maximum Gasteiger partial charge on any atom is 0.120 e. The number of nitrogens with zero attached hydrogens (tertiary/aromatic N) is 1. The number of benzene rings is 1. The third kappa shape index (κ3) is 5.95. The number of ether oxygens (including phenoxy) is 1. The lowest BCUT2D eigenvalue weighted by molar-refractivity contribution is 0.327. The van der Waals surface area contributed by atoms with Gasteiger partial charge in [-0.25, -0.2) is 4.98 Å². The van der Waals surface area contributed by atoms with Gasteiger partial charge in [-0.3, -0.25) is 4.72 Å². The molecule has 1 fully saturated rings. The van der Waals surface area contributed by atoms with E-state index in [1.165, 1.54) is 52.4 Å². The Hall–Kier alpha value is -1.08. The molecule has 1 heterocycles. The van der Waals surface area contributed by atoms with Crippen molar-refractivity contribution in [3.05, 3.63) is 29.4 Å². The van der Waals surface area contributed by atoms with E-state index in [2.05, 4.69) is 37.6 Å². The monoisotopic (exact) mass is 405 g/mol. The van der Waals surface area contributed by atoms with Crippen molar-refractivity contribution in [1.82, 2.24) is 9.71 Å². The molecule has 0 spiro atoms. The van der Waals surface area contributed by atoms with Crippen LogP contribution in [-0.2, 0) is 0 Å². The van der Waals surface area contributed by atoms with E-state index in [1.54, 1.807) is 11.9 Å². The van der Waals surface area contributed by atoms with Crippen LogP contribution in [0.25, 0.3) is 10.4 Å². The Kier molecular flexibility index (Phi) is 7.20. The minimum absolute atomic E-state index is 0.0248. The Balaban J connectivity index is 1.85. The summed E-state index contributed by atoms with van der Waals surface area (Å²) in [5.41, 5.74) is 6.82. The largest absolute Gasteiger partial charge is 0.492 e. The fourth-order valence-electron chi connectivity index (χ4n) is 3.22. The topological polar surface area (TPSA) is 60.2 Å². The molecule has 1 aromatic carbocycles. The van der Waals surface area contributed by atoms with Gasteiger partial charge in [-0.1, -0.05) is 19.3 Å². The molecule has 0 saturated heterocycles.